The Morgan fingerprint density at radius 1 is 1.13 bits per heavy atom. The van der Waals surface area contributed by atoms with Crippen LogP contribution in [0.2, 0.25) is 0 Å². The monoisotopic (exact) mass is 538 g/mol. The largest absolute Gasteiger partial charge is 0.475 e. The average molecular weight is 539 g/mol. The molecule has 1 saturated carbocycles. The van der Waals surface area contributed by atoms with Crippen molar-refractivity contribution in [3.8, 4) is 11.4 Å². The van der Waals surface area contributed by atoms with Gasteiger partial charge in [0.2, 0.25) is 5.82 Å². The molecule has 0 saturated heterocycles. The molecule has 0 spiro atoms. The number of aromatic carboxylic acids is 1. The van der Waals surface area contributed by atoms with Gasteiger partial charge < -0.3 is 19.9 Å². The van der Waals surface area contributed by atoms with Crippen molar-refractivity contribution < 1.29 is 23.1 Å². The minimum absolute atomic E-state index is 0.0356. The lowest BCUT2D eigenvalue weighted by molar-refractivity contribution is -0.137. The van der Waals surface area contributed by atoms with E-state index in [0.29, 0.717) is 28.6 Å². The molecule has 204 valence electrons. The van der Waals surface area contributed by atoms with E-state index in [4.69, 9.17) is 4.98 Å². The first-order valence-electron chi connectivity index (χ1n) is 12.7. The molecule has 2 N–H and O–H groups in total. The summed E-state index contributed by atoms with van der Waals surface area (Å²) in [5.74, 6) is -0.370. The average Bonchev–Trinajstić information content (AvgIpc) is 3.21. The zero-order chi connectivity index (χ0) is 27.9. The van der Waals surface area contributed by atoms with E-state index in [1.165, 1.54) is 12.1 Å². The first kappa shape index (κ1) is 26.5. The molecule has 39 heavy (non-hydrogen) atoms. The summed E-state index contributed by atoms with van der Waals surface area (Å²) in [5, 5.41) is 13.1. The topological polar surface area (TPSA) is 96.2 Å². The molecule has 5 rings (SSSR count). The summed E-state index contributed by atoms with van der Waals surface area (Å²) < 4.78 is 41.4. The number of nitrogens with one attached hydrogen (secondary N) is 1. The van der Waals surface area contributed by atoms with Crippen LogP contribution in [0.15, 0.2) is 48.5 Å². The van der Waals surface area contributed by atoms with Crippen LogP contribution in [0.25, 0.3) is 22.6 Å². The Bertz CT molecular complexity index is 1510. The van der Waals surface area contributed by atoms with Crippen LogP contribution >= 0.6 is 0 Å². The van der Waals surface area contributed by atoms with Crippen LogP contribution in [0.4, 0.5) is 24.7 Å². The Labute approximate surface area is 223 Å². The molecule has 2 aromatic carbocycles. The minimum Gasteiger partial charge on any atom is -0.475 e. The zero-order valence-electron chi connectivity index (χ0n) is 21.8. The SMILES string of the molecule is CC(Nc1nc(C(=O)O)nc2nc(-c3cccc(N(C)C)c3)n(Cc3ccc(C(F)(F)F)cc3)c12)C1CCC1. The van der Waals surface area contributed by atoms with Crippen LogP contribution in [0.5, 0.6) is 0 Å². The Morgan fingerprint density at radius 2 is 1.85 bits per heavy atom. The predicted octanol–water partition coefficient (Wildman–Crippen LogP) is 5.93. The highest BCUT2D eigenvalue weighted by Gasteiger charge is 2.30. The third-order valence-electron chi connectivity index (χ3n) is 7.26. The van der Waals surface area contributed by atoms with E-state index in [1.54, 1.807) is 0 Å². The number of carbonyl (C=O) groups is 1. The molecule has 1 aliphatic rings. The van der Waals surface area contributed by atoms with Crippen LogP contribution in [0.3, 0.4) is 0 Å². The van der Waals surface area contributed by atoms with Gasteiger partial charge in [0.1, 0.15) is 11.3 Å². The highest BCUT2D eigenvalue weighted by atomic mass is 19.4. The second-order valence-electron chi connectivity index (χ2n) is 10.2. The molecule has 1 aliphatic carbocycles. The molecule has 2 heterocycles. The second kappa shape index (κ2) is 10.2. The van der Waals surface area contributed by atoms with E-state index in [9.17, 15) is 23.1 Å². The third kappa shape index (κ3) is 5.39. The van der Waals surface area contributed by atoms with E-state index in [0.717, 1.165) is 42.6 Å². The maximum absolute atomic E-state index is 13.2. The van der Waals surface area contributed by atoms with E-state index in [-0.39, 0.29) is 24.1 Å². The van der Waals surface area contributed by atoms with E-state index in [2.05, 4.69) is 15.3 Å². The summed E-state index contributed by atoms with van der Waals surface area (Å²) in [5.41, 5.74) is 2.26. The quantitative estimate of drug-likeness (QED) is 0.287. The lowest BCUT2D eigenvalue weighted by Gasteiger charge is -2.32. The predicted molar refractivity (Wildman–Crippen MR) is 143 cm³/mol. The molecule has 11 heteroatoms. The molecule has 1 fully saturated rings. The number of carboxylic acids is 1. The summed E-state index contributed by atoms with van der Waals surface area (Å²) in [7, 11) is 3.83. The van der Waals surface area contributed by atoms with Crippen LogP contribution in [0, 0.1) is 5.92 Å². The molecule has 1 atom stereocenters. The lowest BCUT2D eigenvalue weighted by atomic mass is 9.80. The fraction of sp³-hybridized carbons (Fsp3) is 0.357. The summed E-state index contributed by atoms with van der Waals surface area (Å²) in [4.78, 5) is 27.1. The van der Waals surface area contributed by atoms with Gasteiger partial charge in [0.15, 0.2) is 11.5 Å². The number of hydrogen-bond acceptors (Lipinski definition) is 6. The maximum Gasteiger partial charge on any atom is 0.416 e. The Hall–Kier alpha value is -4.15. The summed E-state index contributed by atoms with van der Waals surface area (Å²) in [6.45, 7) is 2.22. The number of benzene rings is 2. The number of halogens is 3. The van der Waals surface area contributed by atoms with Gasteiger partial charge in [-0.15, -0.1) is 0 Å². The van der Waals surface area contributed by atoms with Gasteiger partial charge >= 0.3 is 12.1 Å². The Morgan fingerprint density at radius 3 is 2.44 bits per heavy atom. The summed E-state index contributed by atoms with van der Waals surface area (Å²) in [6.07, 6.45) is -1.15. The highest BCUT2D eigenvalue weighted by Crippen LogP contribution is 2.35. The lowest BCUT2D eigenvalue weighted by Crippen LogP contribution is -2.31. The standard InChI is InChI=1S/C28H29F3N6O2/c1-16(18-6-4-7-18)32-23-22-24(34-25(33-23)27(38)39)35-26(19-8-5-9-21(14-19)36(2)3)37(22)15-17-10-12-20(13-11-17)28(29,30)31/h5,8-14,16,18H,4,6-7,15H2,1-3H3,(H,38,39)(H,32,33,34). The number of nitrogens with zero attached hydrogens (tertiary/aromatic N) is 5. The summed E-state index contributed by atoms with van der Waals surface area (Å²) in [6, 6.07) is 12.7. The van der Waals surface area contributed by atoms with Gasteiger partial charge in [0, 0.05) is 37.9 Å². The molecule has 0 aliphatic heterocycles. The molecule has 4 aromatic rings. The van der Waals surface area contributed by atoms with Crippen LogP contribution in [-0.4, -0.2) is 50.7 Å². The molecule has 0 bridgehead atoms. The molecule has 0 radical (unpaired) electrons. The van der Waals surface area contributed by atoms with Crippen molar-refractivity contribution in [1.82, 2.24) is 19.5 Å². The minimum atomic E-state index is -4.44. The van der Waals surface area contributed by atoms with Crippen molar-refractivity contribution in [3.63, 3.8) is 0 Å². The van der Waals surface area contributed by atoms with Crippen LogP contribution in [0.1, 0.15) is 47.9 Å². The van der Waals surface area contributed by atoms with Crippen LogP contribution in [-0.2, 0) is 12.7 Å². The normalized spacial score (nSPS) is 14.7. The van der Waals surface area contributed by atoms with E-state index < -0.39 is 17.7 Å². The third-order valence-corrected chi connectivity index (χ3v) is 7.26. The second-order valence-corrected chi connectivity index (χ2v) is 10.2. The smallest absolute Gasteiger partial charge is 0.416 e. The molecule has 8 nitrogen and oxygen atoms in total. The molecule has 0 amide bonds. The number of hydrogen-bond donors (Lipinski definition) is 2. The number of aromatic nitrogens is 4. The number of alkyl halides is 3. The number of fused-ring (bicyclic) bond motifs is 1. The Kier molecular flexibility index (Phi) is 6.92. The van der Waals surface area contributed by atoms with Gasteiger partial charge in [-0.25, -0.2) is 19.7 Å². The van der Waals surface area contributed by atoms with Crippen molar-refractivity contribution in [2.75, 3.05) is 24.3 Å². The van der Waals surface area contributed by atoms with Gasteiger partial charge in [0.25, 0.3) is 0 Å². The van der Waals surface area contributed by atoms with Gasteiger partial charge in [-0.2, -0.15) is 13.2 Å². The molecule has 1 unspecified atom stereocenters. The van der Waals surface area contributed by atoms with Crippen LogP contribution < -0.4 is 10.2 Å². The van der Waals surface area contributed by atoms with Gasteiger partial charge in [-0.1, -0.05) is 30.7 Å². The van der Waals surface area contributed by atoms with Crippen molar-refractivity contribution in [3.05, 3.63) is 65.5 Å². The van der Waals surface area contributed by atoms with Gasteiger partial charge in [0.05, 0.1) is 5.56 Å². The summed E-state index contributed by atoms with van der Waals surface area (Å²) >= 11 is 0. The van der Waals surface area contributed by atoms with Gasteiger partial charge in [-0.3, -0.25) is 0 Å². The maximum atomic E-state index is 13.2. The van der Waals surface area contributed by atoms with E-state index in [1.807, 2.05) is 54.8 Å². The van der Waals surface area contributed by atoms with Crippen molar-refractivity contribution in [2.45, 2.75) is 44.9 Å². The number of carboxylic acid groups (broad SMARTS) is 1. The van der Waals surface area contributed by atoms with E-state index >= 15 is 0 Å². The van der Waals surface area contributed by atoms with Gasteiger partial charge in [-0.05, 0) is 55.5 Å². The van der Waals surface area contributed by atoms with Crippen molar-refractivity contribution in [1.29, 1.82) is 0 Å². The first-order chi connectivity index (χ1) is 18.5. The van der Waals surface area contributed by atoms with Crippen molar-refractivity contribution >= 4 is 28.6 Å². The first-order valence-corrected chi connectivity index (χ1v) is 12.7. The fourth-order valence-electron chi connectivity index (χ4n) is 4.78. The molecular formula is C28H29F3N6O2. The fourth-order valence-corrected chi connectivity index (χ4v) is 4.78. The highest BCUT2D eigenvalue weighted by molar-refractivity contribution is 5.92. The number of imidazole rings is 1. The van der Waals surface area contributed by atoms with Crippen molar-refractivity contribution in [2.24, 2.45) is 5.92 Å². The number of rotatable bonds is 8. The molecular weight excluding hydrogens is 509 g/mol. The molecule has 2 aromatic heterocycles. The Balaban J connectivity index is 1.69. The number of anilines is 2. The zero-order valence-corrected chi connectivity index (χ0v) is 21.8.